The fourth-order valence-corrected chi connectivity index (χ4v) is 0. The van der Waals surface area contributed by atoms with Crippen LogP contribution in [0, 0.1) is 0 Å². The largest absolute Gasteiger partial charge is 3.00 e. The standard InChI is InChI=1S/FH.2Fe.3O/h1H;;;;;/q;2*+3;3*-2. The number of hydrogen-bond donors (Lipinski definition) is 0. The van der Waals surface area contributed by atoms with Crippen molar-refractivity contribution in [2.75, 3.05) is 0 Å². The van der Waals surface area contributed by atoms with Gasteiger partial charge < -0.3 is 16.4 Å². The van der Waals surface area contributed by atoms with Crippen LogP contribution in [-0.2, 0) is 50.6 Å². The van der Waals surface area contributed by atoms with Crippen molar-refractivity contribution >= 4 is 0 Å². The molecule has 0 saturated carbocycles. The van der Waals surface area contributed by atoms with Crippen LogP contribution in [-0.4, -0.2) is 0 Å². The van der Waals surface area contributed by atoms with Crippen molar-refractivity contribution in [3.8, 4) is 0 Å². The fraction of sp³-hybridized carbons (Fsp3) is 0. The summed E-state index contributed by atoms with van der Waals surface area (Å²) in [7, 11) is 0. The molecule has 0 aromatic heterocycles. The third-order valence-electron chi connectivity index (χ3n) is 0. The first-order valence-electron chi connectivity index (χ1n) is 0. The molecule has 0 rings (SSSR count). The summed E-state index contributed by atoms with van der Waals surface area (Å²) in [5, 5.41) is 0. The molecule has 6 heavy (non-hydrogen) atoms. The maximum absolute atomic E-state index is 0. The molecule has 0 amide bonds. The fourth-order valence-electron chi connectivity index (χ4n) is 0. The van der Waals surface area contributed by atoms with Gasteiger partial charge in [-0.25, -0.2) is 0 Å². The van der Waals surface area contributed by atoms with Gasteiger partial charge in [-0.1, -0.05) is 0 Å². The Morgan fingerprint density at radius 1 is 0.500 bits per heavy atom. The van der Waals surface area contributed by atoms with Gasteiger partial charge >= 0.3 is 34.1 Å². The van der Waals surface area contributed by atoms with E-state index in [0.29, 0.717) is 0 Å². The summed E-state index contributed by atoms with van der Waals surface area (Å²) >= 11 is 0. The SMILES string of the molecule is F.[Fe+3].[Fe+3].[O-2].[O-2].[O-2]. The monoisotopic (exact) mass is 180 g/mol. The average molecular weight is 180 g/mol. The Morgan fingerprint density at radius 3 is 0.500 bits per heavy atom. The second kappa shape index (κ2) is 191. The van der Waals surface area contributed by atoms with Crippen molar-refractivity contribution in [3.63, 3.8) is 0 Å². The van der Waals surface area contributed by atoms with Gasteiger partial charge in [0.25, 0.3) is 0 Å². The first-order valence-corrected chi connectivity index (χ1v) is 0. The zero-order valence-corrected chi connectivity index (χ0v) is 4.55. The normalized spacial score (nSPS) is 0. The maximum Gasteiger partial charge on any atom is 3.00 e. The molecule has 0 bridgehead atoms. The Morgan fingerprint density at radius 2 is 0.500 bits per heavy atom. The van der Waals surface area contributed by atoms with Gasteiger partial charge in [-0.15, -0.1) is 0 Å². The Kier molecular flexibility index (Phi) is 10300. The van der Waals surface area contributed by atoms with Crippen molar-refractivity contribution in [2.45, 2.75) is 0 Å². The number of halogens is 1. The van der Waals surface area contributed by atoms with E-state index in [1.807, 2.05) is 0 Å². The van der Waals surface area contributed by atoms with E-state index >= 15 is 0 Å². The molecule has 0 spiro atoms. The van der Waals surface area contributed by atoms with E-state index < -0.39 is 0 Å². The molecule has 0 aromatic carbocycles. The van der Waals surface area contributed by atoms with Crippen LogP contribution in [0.2, 0.25) is 0 Å². The second-order valence-corrected chi connectivity index (χ2v) is 0. The predicted molar refractivity (Wildman–Crippen MR) is 4.56 cm³/mol. The predicted octanol–water partition coefficient (Wildman–Crippen LogP) is -0.209. The zero-order chi connectivity index (χ0) is 0. The minimum absolute atomic E-state index is 0. The summed E-state index contributed by atoms with van der Waals surface area (Å²) in [6.07, 6.45) is 0. The molecular formula is HFFe2O3. The van der Waals surface area contributed by atoms with E-state index in [9.17, 15) is 0 Å². The molecule has 2 radical (unpaired) electrons. The van der Waals surface area contributed by atoms with Crippen LogP contribution in [0.15, 0.2) is 0 Å². The summed E-state index contributed by atoms with van der Waals surface area (Å²) in [6.45, 7) is 0. The first kappa shape index (κ1) is 325. The summed E-state index contributed by atoms with van der Waals surface area (Å²) in [5.74, 6) is 0. The van der Waals surface area contributed by atoms with E-state index in [4.69, 9.17) is 0 Å². The molecule has 0 unspecified atom stereocenters. The van der Waals surface area contributed by atoms with E-state index in [1.165, 1.54) is 0 Å². The van der Waals surface area contributed by atoms with Gasteiger partial charge in [0, 0.05) is 0 Å². The van der Waals surface area contributed by atoms with Crippen LogP contribution in [0.1, 0.15) is 0 Å². The second-order valence-electron chi connectivity index (χ2n) is 0. The summed E-state index contributed by atoms with van der Waals surface area (Å²) in [4.78, 5) is 0. The van der Waals surface area contributed by atoms with Crippen molar-refractivity contribution in [1.82, 2.24) is 0 Å². The first-order chi connectivity index (χ1) is 0. The maximum atomic E-state index is 0. The van der Waals surface area contributed by atoms with Crippen molar-refractivity contribution < 1.29 is 55.3 Å². The summed E-state index contributed by atoms with van der Waals surface area (Å²) in [6, 6.07) is 0. The van der Waals surface area contributed by atoms with Gasteiger partial charge in [-0.05, 0) is 0 Å². The van der Waals surface area contributed by atoms with Crippen LogP contribution in [0.3, 0.4) is 0 Å². The molecule has 0 fully saturated rings. The minimum atomic E-state index is 0. The van der Waals surface area contributed by atoms with E-state index in [1.54, 1.807) is 0 Å². The van der Waals surface area contributed by atoms with E-state index in [0.717, 1.165) is 0 Å². The Hall–Kier alpha value is 0.849. The molecule has 3 nitrogen and oxygen atoms in total. The van der Waals surface area contributed by atoms with Crippen LogP contribution in [0.25, 0.3) is 0 Å². The van der Waals surface area contributed by atoms with Crippen molar-refractivity contribution in [1.29, 1.82) is 0 Å². The molecule has 0 heterocycles. The molecule has 0 atom stereocenters. The van der Waals surface area contributed by atoms with Gasteiger partial charge in [0.05, 0.1) is 0 Å². The molecular weight excluding hydrogens is 179 g/mol. The Balaban J connectivity index is 0. The number of hydrogen-bond acceptors (Lipinski definition) is 0. The summed E-state index contributed by atoms with van der Waals surface area (Å²) < 4.78 is 0. The average Bonchev–Trinajstić information content (AvgIpc) is 0. The van der Waals surface area contributed by atoms with Crippen LogP contribution in [0.4, 0.5) is 4.70 Å². The number of rotatable bonds is 0. The Bertz CT molecular complexity index is 8.75. The topological polar surface area (TPSA) is 85.5 Å². The molecule has 0 aliphatic heterocycles. The third-order valence-corrected chi connectivity index (χ3v) is 0. The van der Waals surface area contributed by atoms with Gasteiger partial charge in [0.2, 0.25) is 0 Å². The van der Waals surface area contributed by atoms with Crippen LogP contribution in [0.5, 0.6) is 0 Å². The molecule has 0 saturated heterocycles. The molecule has 0 aliphatic carbocycles. The van der Waals surface area contributed by atoms with Gasteiger partial charge in [-0.2, -0.15) is 0 Å². The van der Waals surface area contributed by atoms with Crippen LogP contribution >= 0.6 is 0 Å². The molecule has 0 aliphatic rings. The molecule has 0 aromatic rings. The molecule has 0 N–H and O–H groups in total. The van der Waals surface area contributed by atoms with Crippen molar-refractivity contribution in [3.05, 3.63) is 0 Å². The van der Waals surface area contributed by atoms with Gasteiger partial charge in [0.1, 0.15) is 0 Å². The van der Waals surface area contributed by atoms with E-state index in [-0.39, 0.29) is 55.3 Å². The quantitative estimate of drug-likeness (QED) is 0.461. The van der Waals surface area contributed by atoms with Crippen LogP contribution < -0.4 is 0 Å². The van der Waals surface area contributed by atoms with E-state index in [2.05, 4.69) is 0 Å². The van der Waals surface area contributed by atoms with Gasteiger partial charge in [0.15, 0.2) is 0 Å². The smallest absolute Gasteiger partial charge is 2.00 e. The zero-order valence-electron chi connectivity index (χ0n) is 2.34. The summed E-state index contributed by atoms with van der Waals surface area (Å²) in [5.41, 5.74) is 0. The minimum Gasteiger partial charge on any atom is -2.00 e. The Labute approximate surface area is 55.7 Å². The molecule has 42 valence electrons. The van der Waals surface area contributed by atoms with Crippen molar-refractivity contribution in [2.24, 2.45) is 0 Å². The molecule has 6 heteroatoms. The third kappa shape index (κ3) is 99.7. The van der Waals surface area contributed by atoms with Gasteiger partial charge in [-0.3, -0.25) is 4.70 Å².